The fourth-order valence-corrected chi connectivity index (χ4v) is 3.00. The maximum Gasteiger partial charge on any atom is 0.373 e. The molecule has 0 aliphatic heterocycles. The Labute approximate surface area is 100 Å². The van der Waals surface area contributed by atoms with E-state index in [2.05, 4.69) is 0 Å². The molecule has 0 heterocycles. The summed E-state index contributed by atoms with van der Waals surface area (Å²) in [6, 6.07) is 9.32. The van der Waals surface area contributed by atoms with Crippen LogP contribution in [0.5, 0.6) is 0 Å². The molecule has 90 valence electrons. The maximum atomic E-state index is 12.1. The average Bonchev–Trinajstić information content (AvgIpc) is 2.72. The van der Waals surface area contributed by atoms with Crippen LogP contribution in [0.3, 0.4) is 0 Å². The zero-order valence-electron chi connectivity index (χ0n) is 9.85. The Hall–Kier alpha value is -1.64. The van der Waals surface area contributed by atoms with Crippen molar-refractivity contribution in [1.29, 1.82) is 0 Å². The lowest BCUT2D eigenvalue weighted by Crippen LogP contribution is -2.42. The van der Waals surface area contributed by atoms with E-state index >= 15 is 0 Å². The van der Waals surface area contributed by atoms with E-state index in [1.807, 2.05) is 37.3 Å². The van der Waals surface area contributed by atoms with E-state index in [1.165, 1.54) is 0 Å². The van der Waals surface area contributed by atoms with Crippen LogP contribution in [-0.2, 0) is 15.0 Å². The number of carboxylic acids is 1. The molecule has 1 aromatic carbocycles. The van der Waals surface area contributed by atoms with Gasteiger partial charge in [-0.25, -0.2) is 4.79 Å². The first-order valence-electron chi connectivity index (χ1n) is 5.92. The SMILES string of the molecule is CC1CCCC1(C(=O)C(=O)O)c1ccccc1. The summed E-state index contributed by atoms with van der Waals surface area (Å²) in [5.74, 6) is -1.88. The number of benzene rings is 1. The van der Waals surface area contributed by atoms with Gasteiger partial charge in [0.05, 0.1) is 5.41 Å². The fraction of sp³-hybridized carbons (Fsp3) is 0.429. The monoisotopic (exact) mass is 232 g/mol. The van der Waals surface area contributed by atoms with Gasteiger partial charge in [-0.05, 0) is 24.3 Å². The van der Waals surface area contributed by atoms with E-state index in [9.17, 15) is 9.59 Å². The fourth-order valence-electron chi connectivity index (χ4n) is 3.00. The van der Waals surface area contributed by atoms with E-state index in [0.29, 0.717) is 6.42 Å². The summed E-state index contributed by atoms with van der Waals surface area (Å²) >= 11 is 0. The van der Waals surface area contributed by atoms with Crippen molar-refractivity contribution in [3.05, 3.63) is 35.9 Å². The van der Waals surface area contributed by atoms with Crippen molar-refractivity contribution in [2.75, 3.05) is 0 Å². The predicted octanol–water partition coefficient (Wildman–Crippen LogP) is 2.40. The number of carbonyl (C=O) groups excluding carboxylic acids is 1. The molecule has 3 heteroatoms. The zero-order chi connectivity index (χ0) is 12.5. The van der Waals surface area contributed by atoms with Crippen molar-refractivity contribution in [3.63, 3.8) is 0 Å². The van der Waals surface area contributed by atoms with E-state index < -0.39 is 17.2 Å². The molecule has 0 aromatic heterocycles. The van der Waals surface area contributed by atoms with E-state index in [1.54, 1.807) is 0 Å². The summed E-state index contributed by atoms with van der Waals surface area (Å²) in [4.78, 5) is 23.1. The van der Waals surface area contributed by atoms with Gasteiger partial charge in [0.2, 0.25) is 0 Å². The summed E-state index contributed by atoms with van der Waals surface area (Å²) < 4.78 is 0. The Morgan fingerprint density at radius 3 is 2.41 bits per heavy atom. The first kappa shape index (κ1) is 11.8. The van der Waals surface area contributed by atoms with Gasteiger partial charge >= 0.3 is 5.97 Å². The number of rotatable bonds is 3. The van der Waals surface area contributed by atoms with Crippen LogP contribution in [0.25, 0.3) is 0 Å². The lowest BCUT2D eigenvalue weighted by Gasteiger charge is -2.31. The van der Waals surface area contributed by atoms with Crippen LogP contribution < -0.4 is 0 Å². The Kier molecular flexibility index (Phi) is 3.01. The normalized spacial score (nSPS) is 27.9. The summed E-state index contributed by atoms with van der Waals surface area (Å²) in [5, 5.41) is 9.04. The van der Waals surface area contributed by atoms with E-state index in [0.717, 1.165) is 18.4 Å². The Morgan fingerprint density at radius 1 is 1.29 bits per heavy atom. The van der Waals surface area contributed by atoms with Gasteiger partial charge in [-0.3, -0.25) is 4.79 Å². The molecule has 2 rings (SSSR count). The highest BCUT2D eigenvalue weighted by molar-refractivity contribution is 6.36. The summed E-state index contributed by atoms with van der Waals surface area (Å²) in [7, 11) is 0. The molecular weight excluding hydrogens is 216 g/mol. The van der Waals surface area contributed by atoms with Crippen LogP contribution in [0.1, 0.15) is 31.7 Å². The molecule has 0 saturated heterocycles. The molecule has 2 atom stereocenters. The highest BCUT2D eigenvalue weighted by atomic mass is 16.4. The van der Waals surface area contributed by atoms with Crippen molar-refractivity contribution in [2.45, 2.75) is 31.6 Å². The number of aliphatic carboxylic acids is 1. The third-order valence-electron chi connectivity index (χ3n) is 3.94. The first-order chi connectivity index (χ1) is 8.09. The van der Waals surface area contributed by atoms with Crippen LogP contribution in [0.2, 0.25) is 0 Å². The van der Waals surface area contributed by atoms with Crippen molar-refractivity contribution in [2.24, 2.45) is 5.92 Å². The van der Waals surface area contributed by atoms with Gasteiger partial charge in [-0.15, -0.1) is 0 Å². The third kappa shape index (κ3) is 1.75. The summed E-state index contributed by atoms with van der Waals surface area (Å²) in [6.45, 7) is 1.97. The number of Topliss-reactive ketones (excluding diaryl/α,β-unsaturated/α-hetero) is 1. The van der Waals surface area contributed by atoms with Gasteiger partial charge in [0.1, 0.15) is 0 Å². The van der Waals surface area contributed by atoms with Gasteiger partial charge < -0.3 is 5.11 Å². The minimum Gasteiger partial charge on any atom is -0.475 e. The molecule has 0 bridgehead atoms. The molecule has 2 unspecified atom stereocenters. The van der Waals surface area contributed by atoms with Crippen LogP contribution >= 0.6 is 0 Å². The zero-order valence-corrected chi connectivity index (χ0v) is 9.85. The Balaban J connectivity index is 2.52. The summed E-state index contributed by atoms with van der Waals surface area (Å²) in [6.07, 6.45) is 2.46. The van der Waals surface area contributed by atoms with Crippen molar-refractivity contribution in [3.8, 4) is 0 Å². The smallest absolute Gasteiger partial charge is 0.373 e. The Bertz CT molecular complexity index is 438. The maximum absolute atomic E-state index is 12.1. The third-order valence-corrected chi connectivity index (χ3v) is 3.94. The first-order valence-corrected chi connectivity index (χ1v) is 5.92. The number of ketones is 1. The average molecular weight is 232 g/mol. The minimum absolute atomic E-state index is 0.0912. The van der Waals surface area contributed by atoms with Gasteiger partial charge in [0.15, 0.2) is 0 Å². The van der Waals surface area contributed by atoms with Crippen molar-refractivity contribution in [1.82, 2.24) is 0 Å². The molecule has 1 aliphatic rings. The van der Waals surface area contributed by atoms with E-state index in [-0.39, 0.29) is 5.92 Å². The second kappa shape index (κ2) is 4.32. The molecule has 1 fully saturated rings. The Morgan fingerprint density at radius 2 is 1.94 bits per heavy atom. The molecule has 1 aromatic rings. The molecule has 0 spiro atoms. The lowest BCUT2D eigenvalue weighted by atomic mass is 9.70. The second-order valence-corrected chi connectivity index (χ2v) is 4.76. The van der Waals surface area contributed by atoms with Crippen LogP contribution in [0, 0.1) is 5.92 Å². The van der Waals surface area contributed by atoms with Gasteiger partial charge in [-0.2, -0.15) is 0 Å². The van der Waals surface area contributed by atoms with Crippen LogP contribution in [0.15, 0.2) is 30.3 Å². The highest BCUT2D eigenvalue weighted by Crippen LogP contribution is 2.46. The molecule has 1 saturated carbocycles. The summed E-state index contributed by atoms with van der Waals surface area (Å²) in [5.41, 5.74) is 0.0324. The number of hydrogen-bond acceptors (Lipinski definition) is 2. The topological polar surface area (TPSA) is 54.4 Å². The van der Waals surface area contributed by atoms with Gasteiger partial charge in [0, 0.05) is 0 Å². The number of carbonyl (C=O) groups is 2. The van der Waals surface area contributed by atoms with Crippen molar-refractivity contribution < 1.29 is 14.7 Å². The molecule has 0 amide bonds. The molecule has 1 aliphatic carbocycles. The highest BCUT2D eigenvalue weighted by Gasteiger charge is 2.50. The number of carboxylic acid groups (broad SMARTS) is 1. The van der Waals surface area contributed by atoms with Gasteiger partial charge in [-0.1, -0.05) is 43.7 Å². The second-order valence-electron chi connectivity index (χ2n) is 4.76. The molecule has 1 N–H and O–H groups in total. The number of hydrogen-bond donors (Lipinski definition) is 1. The van der Waals surface area contributed by atoms with E-state index in [4.69, 9.17) is 5.11 Å². The van der Waals surface area contributed by atoms with Crippen LogP contribution in [-0.4, -0.2) is 16.9 Å². The molecule has 3 nitrogen and oxygen atoms in total. The molecule has 17 heavy (non-hydrogen) atoms. The van der Waals surface area contributed by atoms with Gasteiger partial charge in [0.25, 0.3) is 5.78 Å². The predicted molar refractivity (Wildman–Crippen MR) is 63.8 cm³/mol. The quantitative estimate of drug-likeness (QED) is 0.814. The molecular formula is C14H16O3. The molecule has 0 radical (unpaired) electrons. The largest absolute Gasteiger partial charge is 0.475 e. The standard InChI is InChI=1S/C14H16O3/c1-10-6-5-9-14(10,12(15)13(16)17)11-7-3-2-4-8-11/h2-4,7-8,10H,5-6,9H2,1H3,(H,16,17). The van der Waals surface area contributed by atoms with Crippen LogP contribution in [0.4, 0.5) is 0 Å². The lowest BCUT2D eigenvalue weighted by molar-refractivity contribution is -0.152. The van der Waals surface area contributed by atoms with Crippen molar-refractivity contribution >= 4 is 11.8 Å². The minimum atomic E-state index is -1.32.